The molecule has 0 aliphatic carbocycles. The lowest BCUT2D eigenvalue weighted by Gasteiger charge is -2.03. The number of rotatable bonds is 5. The molecule has 116 valence electrons. The van der Waals surface area contributed by atoms with Gasteiger partial charge in [-0.1, -0.05) is 24.8 Å². The van der Waals surface area contributed by atoms with E-state index in [2.05, 4.69) is 27.8 Å². The van der Waals surface area contributed by atoms with Gasteiger partial charge in [0.05, 0.1) is 4.48 Å². The molecule has 0 radical (unpaired) electrons. The highest BCUT2D eigenvalue weighted by Gasteiger charge is 2.04. The van der Waals surface area contributed by atoms with E-state index in [4.69, 9.17) is 0 Å². The number of anilines is 1. The average molecular weight is 374 g/mol. The van der Waals surface area contributed by atoms with Crippen molar-refractivity contribution in [2.45, 2.75) is 0 Å². The van der Waals surface area contributed by atoms with Crippen LogP contribution in [-0.2, 0) is 4.79 Å². The minimum Gasteiger partial charge on any atom is -0.322 e. The number of amides is 1. The fourth-order valence-corrected chi connectivity index (χ4v) is 1.86. The molecule has 0 bridgehead atoms. The molecule has 3 nitrogen and oxygen atoms in total. The van der Waals surface area contributed by atoms with E-state index in [1.54, 1.807) is 30.3 Å². The normalized spacial score (nSPS) is 10.5. The Kier molecular flexibility index (Phi) is 5.60. The summed E-state index contributed by atoms with van der Waals surface area (Å²) >= 11 is 3.00. The maximum absolute atomic E-state index is 12.8. The Balaban J connectivity index is 2.02. The van der Waals surface area contributed by atoms with Gasteiger partial charge in [-0.15, -0.1) is 0 Å². The Morgan fingerprint density at radius 2 is 1.65 bits per heavy atom. The third-order valence-corrected chi connectivity index (χ3v) is 3.33. The number of nitrogens with one attached hydrogen (secondary N) is 1. The summed E-state index contributed by atoms with van der Waals surface area (Å²) in [5.41, 5.74) is 1.84. The lowest BCUT2D eigenvalue weighted by atomic mass is 10.1. The molecule has 1 amide bonds. The first kappa shape index (κ1) is 16.8. The van der Waals surface area contributed by atoms with E-state index in [0.29, 0.717) is 11.3 Å². The number of carbonyl (C=O) groups is 2. The number of carbonyl (C=O) groups excluding carboxylic acids is 2. The lowest BCUT2D eigenvalue weighted by Crippen LogP contribution is -2.10. The van der Waals surface area contributed by atoms with Crippen LogP contribution in [-0.4, -0.2) is 11.7 Å². The van der Waals surface area contributed by atoms with Crippen molar-refractivity contribution >= 4 is 39.4 Å². The second-order valence-electron chi connectivity index (χ2n) is 4.69. The quantitative estimate of drug-likeness (QED) is 0.616. The van der Waals surface area contributed by atoms with Gasteiger partial charge < -0.3 is 5.32 Å². The smallest absolute Gasteiger partial charge is 0.262 e. The third kappa shape index (κ3) is 5.00. The van der Waals surface area contributed by atoms with Crippen molar-refractivity contribution in [3.63, 3.8) is 0 Å². The first-order valence-corrected chi connectivity index (χ1v) is 7.49. The van der Waals surface area contributed by atoms with Crippen molar-refractivity contribution in [1.29, 1.82) is 0 Å². The average Bonchev–Trinajstić information content (AvgIpc) is 2.54. The molecule has 0 fully saturated rings. The Bertz CT molecular complexity index is 765. The number of hydrogen-bond acceptors (Lipinski definition) is 2. The summed E-state index contributed by atoms with van der Waals surface area (Å²) in [7, 11) is 0. The molecule has 0 saturated carbocycles. The molecule has 0 saturated heterocycles. The summed E-state index contributed by atoms with van der Waals surface area (Å²) in [5.74, 6) is -0.910. The molecule has 2 aromatic carbocycles. The van der Waals surface area contributed by atoms with E-state index >= 15 is 0 Å². The fraction of sp³-hybridized carbons (Fsp3) is 0. The van der Waals surface area contributed by atoms with Gasteiger partial charge in [-0.25, -0.2) is 4.39 Å². The van der Waals surface area contributed by atoms with Crippen LogP contribution in [0.2, 0.25) is 0 Å². The van der Waals surface area contributed by atoms with Gasteiger partial charge in [0.2, 0.25) is 0 Å². The zero-order chi connectivity index (χ0) is 16.8. The molecule has 0 aromatic heterocycles. The van der Waals surface area contributed by atoms with Crippen molar-refractivity contribution in [2.24, 2.45) is 0 Å². The maximum atomic E-state index is 12.8. The first-order valence-electron chi connectivity index (χ1n) is 6.69. The number of hydrogen-bond donors (Lipinski definition) is 1. The number of halogens is 2. The molecule has 0 aliphatic rings. The van der Waals surface area contributed by atoms with Gasteiger partial charge in [-0.3, -0.25) is 9.59 Å². The molecule has 5 heteroatoms. The monoisotopic (exact) mass is 373 g/mol. The van der Waals surface area contributed by atoms with Gasteiger partial charge >= 0.3 is 0 Å². The lowest BCUT2D eigenvalue weighted by molar-refractivity contribution is -0.112. The van der Waals surface area contributed by atoms with Crippen LogP contribution in [0.4, 0.5) is 10.1 Å². The largest absolute Gasteiger partial charge is 0.322 e. The molecular formula is C18H13BrFNO2. The molecule has 0 spiro atoms. The summed E-state index contributed by atoms with van der Waals surface area (Å²) in [6, 6.07) is 12.3. The van der Waals surface area contributed by atoms with Crippen LogP contribution in [0.15, 0.2) is 65.7 Å². The van der Waals surface area contributed by atoms with Gasteiger partial charge in [0.1, 0.15) is 5.82 Å². The number of ketones is 1. The molecule has 2 aromatic rings. The molecular weight excluding hydrogens is 361 g/mol. The maximum Gasteiger partial charge on any atom is 0.262 e. The van der Waals surface area contributed by atoms with E-state index in [9.17, 15) is 14.0 Å². The molecule has 0 heterocycles. The van der Waals surface area contributed by atoms with E-state index in [1.807, 2.05) is 0 Å². The molecule has 0 atom stereocenters. The van der Waals surface area contributed by atoms with Crippen LogP contribution < -0.4 is 5.32 Å². The van der Waals surface area contributed by atoms with Gasteiger partial charge in [-0.2, -0.15) is 0 Å². The Hall–Kier alpha value is -2.53. The second kappa shape index (κ2) is 7.65. The van der Waals surface area contributed by atoms with Crippen molar-refractivity contribution in [3.8, 4) is 0 Å². The van der Waals surface area contributed by atoms with Crippen LogP contribution >= 0.6 is 15.9 Å². The summed E-state index contributed by atoms with van der Waals surface area (Å²) in [4.78, 5) is 23.4. The molecule has 0 unspecified atom stereocenters. The minimum atomic E-state index is -0.380. The van der Waals surface area contributed by atoms with Crippen LogP contribution in [0.1, 0.15) is 15.9 Å². The highest BCUT2D eigenvalue weighted by atomic mass is 79.9. The fourth-order valence-electron chi connectivity index (χ4n) is 1.76. The van der Waals surface area contributed by atoms with Crippen molar-refractivity contribution in [2.75, 3.05) is 5.32 Å². The van der Waals surface area contributed by atoms with Crippen LogP contribution in [0, 0.1) is 5.82 Å². The van der Waals surface area contributed by atoms with E-state index < -0.39 is 0 Å². The second-order valence-corrected chi connectivity index (χ2v) is 5.64. The summed E-state index contributed by atoms with van der Waals surface area (Å²) in [5, 5.41) is 2.65. The Morgan fingerprint density at radius 1 is 1.04 bits per heavy atom. The topological polar surface area (TPSA) is 46.2 Å². The van der Waals surface area contributed by atoms with E-state index in [-0.39, 0.29) is 22.0 Å². The SMILES string of the molecule is C=C(Br)C(=O)Nc1ccc(/C=C/C(=O)c2ccc(F)cc2)cc1. The van der Waals surface area contributed by atoms with Crippen molar-refractivity contribution < 1.29 is 14.0 Å². The third-order valence-electron chi connectivity index (χ3n) is 2.97. The van der Waals surface area contributed by atoms with Crippen LogP contribution in [0.3, 0.4) is 0 Å². The van der Waals surface area contributed by atoms with Gasteiger partial charge in [0, 0.05) is 11.3 Å². The summed E-state index contributed by atoms with van der Waals surface area (Å²) in [6.07, 6.45) is 3.07. The first-order chi connectivity index (χ1) is 11.0. The van der Waals surface area contributed by atoms with Crippen molar-refractivity contribution in [1.82, 2.24) is 0 Å². The molecule has 1 N–H and O–H groups in total. The molecule has 23 heavy (non-hydrogen) atoms. The molecule has 2 rings (SSSR count). The van der Waals surface area contributed by atoms with E-state index in [1.165, 1.54) is 30.3 Å². The zero-order valence-corrected chi connectivity index (χ0v) is 13.6. The number of allylic oxidation sites excluding steroid dienone is 1. The number of benzene rings is 2. The highest BCUT2D eigenvalue weighted by molar-refractivity contribution is 9.12. The highest BCUT2D eigenvalue weighted by Crippen LogP contribution is 2.13. The standard InChI is InChI=1S/C18H13BrFNO2/c1-12(19)18(23)21-16-9-2-13(3-10-16)4-11-17(22)14-5-7-15(20)8-6-14/h2-11H,1H2,(H,21,23)/b11-4+. The Labute approximate surface area is 141 Å². The predicted molar refractivity (Wildman–Crippen MR) is 92.9 cm³/mol. The molecule has 0 aliphatic heterocycles. The van der Waals surface area contributed by atoms with Crippen molar-refractivity contribution in [3.05, 3.63) is 82.6 Å². The summed E-state index contributed by atoms with van der Waals surface area (Å²) in [6.45, 7) is 3.48. The van der Waals surface area contributed by atoms with Gasteiger partial charge in [0.15, 0.2) is 5.78 Å². The van der Waals surface area contributed by atoms with E-state index in [0.717, 1.165) is 5.56 Å². The van der Waals surface area contributed by atoms with Gasteiger partial charge in [-0.05, 0) is 64.0 Å². The minimum absolute atomic E-state index is 0.210. The Morgan fingerprint density at radius 3 is 2.22 bits per heavy atom. The zero-order valence-electron chi connectivity index (χ0n) is 12.1. The summed E-state index contributed by atoms with van der Waals surface area (Å²) < 4.78 is 13.1. The van der Waals surface area contributed by atoms with Gasteiger partial charge in [0.25, 0.3) is 5.91 Å². The van der Waals surface area contributed by atoms with Crippen LogP contribution in [0.5, 0.6) is 0 Å². The predicted octanol–water partition coefficient (Wildman–Crippen LogP) is 4.57. The van der Waals surface area contributed by atoms with Crippen LogP contribution in [0.25, 0.3) is 6.08 Å².